The molecule has 1 aromatic carbocycles. The summed E-state index contributed by atoms with van der Waals surface area (Å²) in [6.45, 7) is 1.84. The van der Waals surface area contributed by atoms with Crippen LogP contribution in [0.3, 0.4) is 0 Å². The number of hydrogen-bond donors (Lipinski definition) is 2. The van der Waals surface area contributed by atoms with E-state index < -0.39 is 11.9 Å². The summed E-state index contributed by atoms with van der Waals surface area (Å²) in [6, 6.07) is 4.96. The fraction of sp³-hybridized carbons (Fsp3) is 0.529. The summed E-state index contributed by atoms with van der Waals surface area (Å²) in [5.74, 6) is -1.64. The molecule has 0 aromatic heterocycles. The summed E-state index contributed by atoms with van der Waals surface area (Å²) in [5, 5.41) is 12.8. The van der Waals surface area contributed by atoms with Crippen molar-refractivity contribution in [1.82, 2.24) is 5.32 Å². The maximum atomic E-state index is 12.5. The van der Waals surface area contributed by atoms with Crippen LogP contribution in [0.25, 0.3) is 0 Å². The van der Waals surface area contributed by atoms with E-state index in [4.69, 9.17) is 11.6 Å². The smallest absolute Gasteiger partial charge is 0.308 e. The molecule has 120 valence electrons. The molecule has 0 aliphatic heterocycles. The summed E-state index contributed by atoms with van der Waals surface area (Å²) >= 11 is 6.19. The van der Waals surface area contributed by atoms with Crippen LogP contribution in [0.1, 0.15) is 54.4 Å². The summed E-state index contributed by atoms with van der Waals surface area (Å²) in [7, 11) is 0. The van der Waals surface area contributed by atoms with Gasteiger partial charge in [0.2, 0.25) is 0 Å². The lowest BCUT2D eigenvalue weighted by molar-refractivity contribution is -0.143. The van der Waals surface area contributed by atoms with Gasteiger partial charge in [-0.05, 0) is 31.4 Å². The number of amides is 1. The summed E-state index contributed by atoms with van der Waals surface area (Å²) in [6.07, 6.45) is 5.30. The Balaban J connectivity index is 2.16. The van der Waals surface area contributed by atoms with Crippen LogP contribution < -0.4 is 5.32 Å². The van der Waals surface area contributed by atoms with E-state index in [9.17, 15) is 14.7 Å². The molecule has 1 aromatic rings. The molecular weight excluding hydrogens is 302 g/mol. The minimum Gasteiger partial charge on any atom is -0.481 e. The summed E-state index contributed by atoms with van der Waals surface area (Å²) < 4.78 is 0. The molecule has 0 saturated heterocycles. The third-order valence-corrected chi connectivity index (χ3v) is 4.84. The number of carbonyl (C=O) groups is 2. The van der Waals surface area contributed by atoms with Gasteiger partial charge in [0.25, 0.3) is 5.91 Å². The van der Waals surface area contributed by atoms with Crippen LogP contribution in [0.15, 0.2) is 18.2 Å². The van der Waals surface area contributed by atoms with Gasteiger partial charge < -0.3 is 10.4 Å². The molecular formula is C17H22ClNO3. The number of aliphatic carboxylic acids is 1. The first-order chi connectivity index (χ1) is 10.5. The third-order valence-electron chi connectivity index (χ3n) is 4.34. The van der Waals surface area contributed by atoms with Crippen LogP contribution in [-0.2, 0) is 4.79 Å². The second-order valence-corrected chi connectivity index (χ2v) is 6.33. The Bertz CT molecular complexity index is 559. The van der Waals surface area contributed by atoms with Gasteiger partial charge in [-0.3, -0.25) is 9.59 Å². The van der Waals surface area contributed by atoms with E-state index in [1.54, 1.807) is 12.1 Å². The fourth-order valence-electron chi connectivity index (χ4n) is 3.02. The van der Waals surface area contributed by atoms with E-state index in [-0.39, 0.29) is 11.9 Å². The number of rotatable bonds is 3. The second kappa shape index (κ2) is 7.63. The van der Waals surface area contributed by atoms with Gasteiger partial charge in [-0.2, -0.15) is 0 Å². The standard InChI is InChI=1S/C17H22ClNO3/c1-11-7-6-9-13(15(11)18)16(20)19-14-10-5-3-2-4-8-12(14)17(21)22/h6-7,9,12,14H,2-5,8,10H2,1H3,(H,19,20)(H,21,22). The highest BCUT2D eigenvalue weighted by Crippen LogP contribution is 2.25. The van der Waals surface area contributed by atoms with Crippen LogP contribution in [0, 0.1) is 12.8 Å². The number of benzene rings is 1. The molecule has 2 rings (SSSR count). The van der Waals surface area contributed by atoms with Gasteiger partial charge in [-0.25, -0.2) is 0 Å². The first-order valence-electron chi connectivity index (χ1n) is 7.79. The number of carboxylic acid groups (broad SMARTS) is 1. The summed E-state index contributed by atoms with van der Waals surface area (Å²) in [5.41, 5.74) is 1.25. The SMILES string of the molecule is Cc1cccc(C(=O)NC2CCCCCCC2C(=O)O)c1Cl. The molecule has 1 aliphatic rings. The highest BCUT2D eigenvalue weighted by Gasteiger charge is 2.30. The van der Waals surface area contributed by atoms with E-state index >= 15 is 0 Å². The number of halogens is 1. The lowest BCUT2D eigenvalue weighted by atomic mass is 9.86. The Morgan fingerprint density at radius 2 is 1.86 bits per heavy atom. The molecule has 0 spiro atoms. The highest BCUT2D eigenvalue weighted by molar-refractivity contribution is 6.34. The molecule has 0 heterocycles. The zero-order chi connectivity index (χ0) is 16.1. The van der Waals surface area contributed by atoms with E-state index in [0.717, 1.165) is 31.2 Å². The molecule has 2 atom stereocenters. The van der Waals surface area contributed by atoms with Crippen LogP contribution in [0.2, 0.25) is 5.02 Å². The highest BCUT2D eigenvalue weighted by atomic mass is 35.5. The fourth-order valence-corrected chi connectivity index (χ4v) is 3.23. The van der Waals surface area contributed by atoms with Crippen molar-refractivity contribution in [2.45, 2.75) is 51.5 Å². The van der Waals surface area contributed by atoms with Crippen molar-refractivity contribution in [2.24, 2.45) is 5.92 Å². The number of carboxylic acids is 1. The molecule has 2 unspecified atom stereocenters. The molecule has 1 saturated carbocycles. The minimum atomic E-state index is -0.831. The zero-order valence-corrected chi connectivity index (χ0v) is 13.5. The largest absolute Gasteiger partial charge is 0.481 e. The van der Waals surface area contributed by atoms with Crippen LogP contribution in [0.5, 0.6) is 0 Å². The van der Waals surface area contributed by atoms with Gasteiger partial charge in [-0.15, -0.1) is 0 Å². The van der Waals surface area contributed by atoms with Crippen molar-refractivity contribution in [3.8, 4) is 0 Å². The predicted molar refractivity (Wildman–Crippen MR) is 86.3 cm³/mol. The Kier molecular flexibility index (Phi) is 5.83. The molecule has 2 N–H and O–H groups in total. The maximum Gasteiger partial charge on any atom is 0.308 e. The van der Waals surface area contributed by atoms with E-state index in [1.807, 2.05) is 13.0 Å². The van der Waals surface area contributed by atoms with Crippen LogP contribution in [0.4, 0.5) is 0 Å². The topological polar surface area (TPSA) is 66.4 Å². The molecule has 0 bridgehead atoms. The number of carbonyl (C=O) groups excluding carboxylic acids is 1. The normalized spacial score (nSPS) is 22.5. The van der Waals surface area contributed by atoms with E-state index in [1.165, 1.54) is 0 Å². The van der Waals surface area contributed by atoms with Crippen molar-refractivity contribution in [3.63, 3.8) is 0 Å². The Labute approximate surface area is 135 Å². The van der Waals surface area contributed by atoms with E-state index in [0.29, 0.717) is 23.4 Å². The van der Waals surface area contributed by atoms with Crippen LogP contribution in [-0.4, -0.2) is 23.0 Å². The quantitative estimate of drug-likeness (QED) is 0.889. The number of hydrogen-bond acceptors (Lipinski definition) is 2. The van der Waals surface area contributed by atoms with Crippen molar-refractivity contribution >= 4 is 23.5 Å². The van der Waals surface area contributed by atoms with Gasteiger partial charge in [0, 0.05) is 6.04 Å². The molecule has 1 aliphatic carbocycles. The molecule has 1 amide bonds. The van der Waals surface area contributed by atoms with Gasteiger partial charge in [-0.1, -0.05) is 49.4 Å². The van der Waals surface area contributed by atoms with E-state index in [2.05, 4.69) is 5.32 Å². The molecule has 5 heteroatoms. The first-order valence-corrected chi connectivity index (χ1v) is 8.17. The monoisotopic (exact) mass is 323 g/mol. The lowest BCUT2D eigenvalue weighted by Gasteiger charge is -2.27. The van der Waals surface area contributed by atoms with Crippen LogP contribution >= 0.6 is 11.6 Å². The average Bonchev–Trinajstić information content (AvgIpc) is 2.44. The predicted octanol–water partition coefficient (Wildman–Crippen LogP) is 3.80. The van der Waals surface area contributed by atoms with Gasteiger partial charge in [0.05, 0.1) is 16.5 Å². The van der Waals surface area contributed by atoms with Gasteiger partial charge >= 0.3 is 5.97 Å². The lowest BCUT2D eigenvalue weighted by Crippen LogP contribution is -2.44. The molecule has 22 heavy (non-hydrogen) atoms. The molecule has 1 fully saturated rings. The Hall–Kier alpha value is -1.55. The second-order valence-electron chi connectivity index (χ2n) is 5.95. The van der Waals surface area contributed by atoms with Crippen molar-refractivity contribution in [1.29, 1.82) is 0 Å². The van der Waals surface area contributed by atoms with Crippen molar-refractivity contribution < 1.29 is 14.7 Å². The Morgan fingerprint density at radius 1 is 1.18 bits per heavy atom. The maximum absolute atomic E-state index is 12.5. The van der Waals surface area contributed by atoms with Gasteiger partial charge in [0.15, 0.2) is 0 Å². The molecule has 4 nitrogen and oxygen atoms in total. The average molecular weight is 324 g/mol. The first kappa shape index (κ1) is 16.8. The Morgan fingerprint density at radius 3 is 2.55 bits per heavy atom. The third kappa shape index (κ3) is 4.01. The van der Waals surface area contributed by atoms with Crippen molar-refractivity contribution in [2.75, 3.05) is 0 Å². The number of nitrogens with one attached hydrogen (secondary N) is 1. The zero-order valence-electron chi connectivity index (χ0n) is 12.8. The minimum absolute atomic E-state index is 0.287. The summed E-state index contributed by atoms with van der Waals surface area (Å²) in [4.78, 5) is 24.0. The van der Waals surface area contributed by atoms with Crippen molar-refractivity contribution in [3.05, 3.63) is 34.3 Å². The number of aryl methyl sites for hydroxylation is 1. The van der Waals surface area contributed by atoms with Gasteiger partial charge in [0.1, 0.15) is 0 Å². The molecule has 0 radical (unpaired) electrons.